The van der Waals surface area contributed by atoms with E-state index in [-0.39, 0.29) is 28.4 Å². The zero-order valence-corrected chi connectivity index (χ0v) is 19.3. The molecule has 0 saturated heterocycles. The van der Waals surface area contributed by atoms with E-state index in [1.54, 1.807) is 20.0 Å². The summed E-state index contributed by atoms with van der Waals surface area (Å²) >= 11 is 0. The van der Waals surface area contributed by atoms with Crippen LogP contribution in [-0.4, -0.2) is 28.1 Å². The molecule has 2 aromatic heterocycles. The fourth-order valence-electron chi connectivity index (χ4n) is 3.30. The van der Waals surface area contributed by atoms with Crippen molar-refractivity contribution in [1.29, 1.82) is 0 Å². The van der Waals surface area contributed by atoms with Crippen molar-refractivity contribution in [3.8, 4) is 11.3 Å². The number of nitrogens with one attached hydrogen (secondary N) is 3. The fraction of sp³-hybridized carbons (Fsp3) is 0.136. The van der Waals surface area contributed by atoms with Crippen molar-refractivity contribution < 1.29 is 14.0 Å². The van der Waals surface area contributed by atoms with Gasteiger partial charge >= 0.3 is 0 Å². The minimum Gasteiger partial charge on any atom is -0.456 e. The number of carbonyl (C=O) groups excluding carboxylic acids is 2. The Morgan fingerprint density at radius 1 is 1.06 bits per heavy atom. The molecule has 2 unspecified atom stereocenters. The largest absolute Gasteiger partial charge is 0.456 e. The number of aromatic amines is 1. The maximum atomic E-state index is 11.4. The van der Waals surface area contributed by atoms with Gasteiger partial charge in [0.1, 0.15) is 16.7 Å². The number of rotatable bonds is 8. The Morgan fingerprint density at radius 2 is 1.81 bits per heavy atom. The lowest BCUT2D eigenvalue weighted by molar-refractivity contribution is -0.110. The smallest absolute Gasteiger partial charge is 0.168 e. The van der Waals surface area contributed by atoms with Crippen molar-refractivity contribution in [3.05, 3.63) is 54.4 Å². The normalized spacial score (nSPS) is 12.5. The summed E-state index contributed by atoms with van der Waals surface area (Å²) in [5.74, 6) is 0. The lowest BCUT2D eigenvalue weighted by atomic mass is 10.1. The second-order valence-electron chi connectivity index (χ2n) is 7.00. The number of carbonyl (C=O) groups is 2. The van der Waals surface area contributed by atoms with Crippen molar-refractivity contribution >= 4 is 61.6 Å². The minimum absolute atomic E-state index is 0.00350. The Hall–Kier alpha value is -3.01. The Labute approximate surface area is 182 Å². The van der Waals surface area contributed by atoms with E-state index in [1.165, 1.54) is 0 Å². The molecule has 0 aliphatic rings. The van der Waals surface area contributed by atoms with E-state index in [0.29, 0.717) is 5.57 Å². The number of fused-ring (bicyclic) bond motifs is 3. The summed E-state index contributed by atoms with van der Waals surface area (Å²) in [6.07, 6.45) is 3.57. The van der Waals surface area contributed by atoms with Crippen LogP contribution in [0, 0.1) is 0 Å². The van der Waals surface area contributed by atoms with Crippen molar-refractivity contribution in [3.63, 3.8) is 0 Å². The van der Waals surface area contributed by atoms with Crippen LogP contribution in [0.2, 0.25) is 0 Å². The molecule has 0 aliphatic carbocycles. The Morgan fingerprint density at radius 3 is 2.52 bits per heavy atom. The van der Waals surface area contributed by atoms with Crippen molar-refractivity contribution in [1.82, 2.24) is 20.4 Å². The second kappa shape index (κ2) is 9.01. The van der Waals surface area contributed by atoms with E-state index in [0.717, 1.165) is 44.5 Å². The number of hydrogen-bond donors (Lipinski definition) is 3. The molecule has 4 rings (SSSR count). The number of nitrogens with zero attached hydrogens (tertiary/aromatic N) is 1. The van der Waals surface area contributed by atoms with Gasteiger partial charge in [0.05, 0.1) is 17.6 Å². The van der Waals surface area contributed by atoms with Gasteiger partial charge in [0, 0.05) is 59.4 Å². The molecule has 0 bridgehead atoms. The molecule has 7 nitrogen and oxygen atoms in total. The third kappa shape index (κ3) is 4.68. The number of hydrogen-bond acceptors (Lipinski definition) is 6. The van der Waals surface area contributed by atoms with Crippen molar-refractivity contribution in [2.24, 2.45) is 0 Å². The summed E-state index contributed by atoms with van der Waals surface area (Å²) in [5.41, 5.74) is 5.95. The molecular weight excluding hydrogens is 430 g/mol. The van der Waals surface area contributed by atoms with Crippen LogP contribution in [0.15, 0.2) is 53.2 Å². The second-order valence-corrected chi connectivity index (χ2v) is 9.64. The number of imidazole rings is 1. The highest BCUT2D eigenvalue weighted by Gasteiger charge is 2.12. The van der Waals surface area contributed by atoms with E-state index in [1.807, 2.05) is 49.6 Å². The van der Waals surface area contributed by atoms with E-state index in [9.17, 15) is 9.59 Å². The average Bonchev–Trinajstić information content (AvgIpc) is 3.33. The molecule has 0 amide bonds. The quantitative estimate of drug-likeness (QED) is 0.349. The minimum atomic E-state index is -0.00350. The topological polar surface area (TPSA) is 100 Å². The molecule has 0 saturated carbocycles. The van der Waals surface area contributed by atoms with Gasteiger partial charge in [-0.1, -0.05) is 12.1 Å². The van der Waals surface area contributed by atoms with Gasteiger partial charge in [-0.15, -0.1) is 0 Å². The van der Waals surface area contributed by atoms with Crippen LogP contribution >= 0.6 is 17.3 Å². The number of H-pyrrole nitrogens is 1. The molecule has 0 aliphatic heterocycles. The molecule has 2 aromatic carbocycles. The molecule has 4 aromatic rings. The SMILES string of the molecule is CN/C=C(\NPC(C)=O)c1ccc2c(c1)oc1cc(-c3cnc(PC(C)=O)[nH]3)ccc12. The first-order valence-electron chi connectivity index (χ1n) is 9.64. The number of aromatic nitrogens is 2. The van der Waals surface area contributed by atoms with Gasteiger partial charge in [0.25, 0.3) is 0 Å². The lowest BCUT2D eigenvalue weighted by Gasteiger charge is -2.09. The van der Waals surface area contributed by atoms with Crippen LogP contribution in [0.5, 0.6) is 0 Å². The molecule has 31 heavy (non-hydrogen) atoms. The summed E-state index contributed by atoms with van der Waals surface area (Å²) < 4.78 is 6.15. The maximum absolute atomic E-state index is 11.4. The van der Waals surface area contributed by atoms with E-state index < -0.39 is 0 Å². The third-order valence-electron chi connectivity index (χ3n) is 4.63. The number of benzene rings is 2. The summed E-state index contributed by atoms with van der Waals surface area (Å²) in [4.78, 5) is 30.2. The molecule has 0 spiro atoms. The first-order valence-corrected chi connectivity index (χ1v) is 11.6. The van der Waals surface area contributed by atoms with E-state index in [2.05, 4.69) is 20.4 Å². The molecule has 3 N–H and O–H groups in total. The predicted molar refractivity (Wildman–Crippen MR) is 129 cm³/mol. The van der Waals surface area contributed by atoms with Crippen LogP contribution < -0.4 is 16.0 Å². The molecule has 158 valence electrons. The van der Waals surface area contributed by atoms with Crippen molar-refractivity contribution in [2.75, 3.05) is 7.05 Å². The lowest BCUT2D eigenvalue weighted by Crippen LogP contribution is -2.07. The molecule has 2 atom stereocenters. The summed E-state index contributed by atoms with van der Waals surface area (Å²) in [6.45, 7) is 3.12. The van der Waals surface area contributed by atoms with Crippen LogP contribution in [0.1, 0.15) is 19.4 Å². The monoisotopic (exact) mass is 452 g/mol. The zero-order valence-electron chi connectivity index (χ0n) is 17.3. The highest BCUT2D eigenvalue weighted by atomic mass is 31.1. The highest BCUT2D eigenvalue weighted by Crippen LogP contribution is 2.33. The van der Waals surface area contributed by atoms with Gasteiger partial charge < -0.3 is 19.8 Å². The molecule has 9 heteroatoms. The molecule has 0 fully saturated rings. The third-order valence-corrected chi connectivity index (χ3v) is 6.22. The van der Waals surface area contributed by atoms with Gasteiger partial charge in [0.15, 0.2) is 11.0 Å². The molecular formula is C22H22N4O3P2. The first-order chi connectivity index (χ1) is 14.9. The number of furan rings is 1. The Kier molecular flexibility index (Phi) is 6.17. The van der Waals surface area contributed by atoms with E-state index in [4.69, 9.17) is 4.42 Å². The van der Waals surface area contributed by atoms with Gasteiger partial charge in [0.2, 0.25) is 0 Å². The molecule has 2 heterocycles. The summed E-state index contributed by atoms with van der Waals surface area (Å²) in [6, 6.07) is 12.0. The van der Waals surface area contributed by atoms with Crippen LogP contribution in [0.4, 0.5) is 0 Å². The van der Waals surface area contributed by atoms with Crippen molar-refractivity contribution in [2.45, 2.75) is 13.8 Å². The van der Waals surface area contributed by atoms with Crippen LogP contribution in [-0.2, 0) is 9.59 Å². The molecule has 0 radical (unpaired) electrons. The summed E-state index contributed by atoms with van der Waals surface area (Å²) in [5, 5.41) is 8.24. The van der Waals surface area contributed by atoms with Crippen LogP contribution in [0.3, 0.4) is 0 Å². The van der Waals surface area contributed by atoms with Gasteiger partial charge in [-0.2, -0.15) is 0 Å². The fourth-order valence-corrected chi connectivity index (χ4v) is 4.49. The summed E-state index contributed by atoms with van der Waals surface area (Å²) in [7, 11) is 1.84. The first kappa shape index (κ1) is 21.2. The van der Waals surface area contributed by atoms with Gasteiger partial charge in [-0.25, -0.2) is 4.98 Å². The van der Waals surface area contributed by atoms with Gasteiger partial charge in [-0.3, -0.25) is 9.59 Å². The van der Waals surface area contributed by atoms with E-state index >= 15 is 0 Å². The average molecular weight is 452 g/mol. The Bertz CT molecular complexity index is 1320. The standard InChI is InChI=1S/C22H22N4O3P2/c1-12(27)30-22-24-11-18(25-22)14-4-6-16-17-7-5-15(9-21(17)29-20(16)8-14)19(10-23-3)26-31-13(2)28/h4-11,23,26,30-31H,1-3H3,(H,24,25)/b19-10-. The van der Waals surface area contributed by atoms with Gasteiger partial charge in [-0.05, 0) is 31.2 Å². The Balaban J connectivity index is 1.70. The highest BCUT2D eigenvalue weighted by molar-refractivity contribution is 7.64. The maximum Gasteiger partial charge on any atom is 0.168 e. The zero-order chi connectivity index (χ0) is 22.0. The predicted octanol–water partition coefficient (Wildman–Crippen LogP) is 4.07. The van der Waals surface area contributed by atoms with Crippen LogP contribution in [0.25, 0.3) is 38.9 Å².